The highest BCUT2D eigenvalue weighted by molar-refractivity contribution is 4.81. The number of nitrogens with one attached hydrogen (secondary N) is 1. The van der Waals surface area contributed by atoms with Crippen molar-refractivity contribution in [2.75, 3.05) is 6.61 Å². The van der Waals surface area contributed by atoms with Crippen molar-refractivity contribution in [1.82, 2.24) is 5.48 Å². The fourth-order valence-electron chi connectivity index (χ4n) is 0.347. The Bertz CT molecular complexity index is 79.1. The molecule has 0 aliphatic heterocycles. The highest BCUT2D eigenvalue weighted by atomic mass is 16.5. The monoisotopic (exact) mass is 133 g/mol. The summed E-state index contributed by atoms with van der Waals surface area (Å²) in [5.74, 6) is 0.215. The molecular formula is C6H15NO2. The summed E-state index contributed by atoms with van der Waals surface area (Å²) in [6.45, 7) is 5.57. The molecule has 1 atom stereocenters. The summed E-state index contributed by atoms with van der Waals surface area (Å²) in [7, 11) is 0. The molecule has 0 aliphatic rings. The largest absolute Gasteiger partial charge is 0.394 e. The first-order chi connectivity index (χ1) is 4.06. The van der Waals surface area contributed by atoms with Crippen LogP contribution in [0.3, 0.4) is 0 Å². The minimum atomic E-state index is -0.556. The Kier molecular flexibility index (Phi) is 3.11. The van der Waals surface area contributed by atoms with Crippen LogP contribution in [0.5, 0.6) is 0 Å². The molecule has 0 heterocycles. The van der Waals surface area contributed by atoms with Gasteiger partial charge in [0.25, 0.3) is 0 Å². The normalized spacial score (nSPS) is 18.0. The molecule has 0 saturated carbocycles. The fraction of sp³-hybridized carbons (Fsp3) is 1.00. The van der Waals surface area contributed by atoms with Gasteiger partial charge in [0.15, 0.2) is 0 Å². The Morgan fingerprint density at radius 3 is 2.00 bits per heavy atom. The van der Waals surface area contributed by atoms with Crippen LogP contribution in [0.25, 0.3) is 0 Å². The highest BCUT2D eigenvalue weighted by Crippen LogP contribution is 2.13. The van der Waals surface area contributed by atoms with Crippen LogP contribution in [0.1, 0.15) is 20.8 Å². The zero-order chi connectivity index (χ0) is 7.49. The molecule has 0 amide bonds. The van der Waals surface area contributed by atoms with Crippen molar-refractivity contribution in [2.45, 2.75) is 26.3 Å². The van der Waals surface area contributed by atoms with E-state index in [0.29, 0.717) is 0 Å². The van der Waals surface area contributed by atoms with E-state index in [2.05, 4.69) is 5.48 Å². The van der Waals surface area contributed by atoms with Crippen molar-refractivity contribution in [3.8, 4) is 0 Å². The molecule has 9 heavy (non-hydrogen) atoms. The molecule has 0 aromatic rings. The maximum Gasteiger partial charge on any atom is 0.0654 e. The first-order valence-electron chi connectivity index (χ1n) is 3.09. The lowest BCUT2D eigenvalue weighted by atomic mass is 9.91. The van der Waals surface area contributed by atoms with Gasteiger partial charge < -0.3 is 10.3 Å². The van der Waals surface area contributed by atoms with Crippen molar-refractivity contribution in [1.29, 1.82) is 0 Å². The summed E-state index contributed by atoms with van der Waals surface area (Å²) >= 11 is 0. The van der Waals surface area contributed by atoms with Crippen molar-refractivity contribution < 1.29 is 10.3 Å². The zero-order valence-electron chi connectivity index (χ0n) is 6.18. The quantitative estimate of drug-likeness (QED) is 0.488. The van der Waals surface area contributed by atoms with Gasteiger partial charge in [-0.15, -0.1) is 0 Å². The number of hydrogen-bond donors (Lipinski definition) is 3. The average Bonchev–Trinajstić information content (AvgIpc) is 1.86. The van der Waals surface area contributed by atoms with E-state index in [1.165, 1.54) is 0 Å². The van der Waals surface area contributed by atoms with Gasteiger partial charge in [-0.1, -0.05) is 13.8 Å². The second-order valence-corrected chi connectivity index (χ2v) is 2.84. The lowest BCUT2D eigenvalue weighted by Gasteiger charge is -2.29. The van der Waals surface area contributed by atoms with Gasteiger partial charge in [0, 0.05) is 0 Å². The molecule has 3 heteroatoms. The van der Waals surface area contributed by atoms with Crippen LogP contribution >= 0.6 is 0 Å². The zero-order valence-corrected chi connectivity index (χ0v) is 6.18. The van der Waals surface area contributed by atoms with Crippen molar-refractivity contribution in [3.05, 3.63) is 0 Å². The summed E-state index contributed by atoms with van der Waals surface area (Å²) in [4.78, 5) is 0. The predicted octanol–water partition coefficient (Wildman–Crippen LogP) is 0.372. The van der Waals surface area contributed by atoms with Crippen molar-refractivity contribution in [2.24, 2.45) is 5.92 Å². The van der Waals surface area contributed by atoms with E-state index in [9.17, 15) is 0 Å². The molecule has 0 rings (SSSR count). The molecule has 0 aliphatic carbocycles. The van der Waals surface area contributed by atoms with Gasteiger partial charge in [0.1, 0.15) is 0 Å². The maximum absolute atomic E-state index is 8.73. The molecular weight excluding hydrogens is 118 g/mol. The Morgan fingerprint density at radius 1 is 1.56 bits per heavy atom. The van der Waals surface area contributed by atoms with Crippen LogP contribution in [0.15, 0.2) is 0 Å². The Labute approximate surface area is 55.7 Å². The van der Waals surface area contributed by atoms with E-state index in [0.717, 1.165) is 0 Å². The van der Waals surface area contributed by atoms with Crippen LogP contribution in [0.2, 0.25) is 0 Å². The van der Waals surface area contributed by atoms with E-state index >= 15 is 0 Å². The van der Waals surface area contributed by atoms with Crippen molar-refractivity contribution in [3.63, 3.8) is 0 Å². The van der Waals surface area contributed by atoms with Gasteiger partial charge in [-0.05, 0) is 12.8 Å². The standard InChI is InChI=1S/C6H15NO2/c1-5(2)6(3,4-8)7-9/h5,7-9H,4H2,1-3H3. The number of hydrogen-bond acceptors (Lipinski definition) is 3. The van der Waals surface area contributed by atoms with E-state index in [4.69, 9.17) is 10.3 Å². The lowest BCUT2D eigenvalue weighted by molar-refractivity contribution is 0.00590. The second kappa shape index (κ2) is 3.15. The molecule has 0 bridgehead atoms. The number of aliphatic hydroxyl groups excluding tert-OH is 1. The van der Waals surface area contributed by atoms with Gasteiger partial charge in [-0.2, -0.15) is 5.48 Å². The summed E-state index contributed by atoms with van der Waals surface area (Å²) in [6, 6.07) is 0. The van der Waals surface area contributed by atoms with E-state index in [1.54, 1.807) is 6.92 Å². The van der Waals surface area contributed by atoms with Crippen LogP contribution in [-0.2, 0) is 0 Å². The Balaban J connectivity index is 3.92. The molecule has 0 spiro atoms. The second-order valence-electron chi connectivity index (χ2n) is 2.84. The molecule has 0 aromatic heterocycles. The van der Waals surface area contributed by atoms with Gasteiger partial charge in [-0.25, -0.2) is 0 Å². The maximum atomic E-state index is 8.73. The molecule has 56 valence electrons. The molecule has 0 radical (unpaired) electrons. The summed E-state index contributed by atoms with van der Waals surface area (Å²) < 4.78 is 0. The average molecular weight is 133 g/mol. The van der Waals surface area contributed by atoms with Crippen LogP contribution in [0.4, 0.5) is 0 Å². The first-order valence-corrected chi connectivity index (χ1v) is 3.09. The van der Waals surface area contributed by atoms with E-state index in [-0.39, 0.29) is 12.5 Å². The number of aliphatic hydroxyl groups is 1. The van der Waals surface area contributed by atoms with Gasteiger partial charge in [-0.3, -0.25) is 0 Å². The van der Waals surface area contributed by atoms with Crippen LogP contribution in [-0.4, -0.2) is 22.5 Å². The third-order valence-electron chi connectivity index (χ3n) is 1.86. The molecule has 0 saturated heterocycles. The third kappa shape index (κ3) is 1.93. The van der Waals surface area contributed by atoms with E-state index < -0.39 is 5.54 Å². The number of rotatable bonds is 3. The first kappa shape index (κ1) is 8.88. The van der Waals surface area contributed by atoms with Crippen LogP contribution in [0, 0.1) is 5.92 Å². The highest BCUT2D eigenvalue weighted by Gasteiger charge is 2.25. The van der Waals surface area contributed by atoms with E-state index in [1.807, 2.05) is 13.8 Å². The molecule has 0 aromatic carbocycles. The molecule has 3 N–H and O–H groups in total. The van der Waals surface area contributed by atoms with Gasteiger partial charge in [0.2, 0.25) is 0 Å². The summed E-state index contributed by atoms with van der Waals surface area (Å²) in [6.07, 6.45) is 0. The van der Waals surface area contributed by atoms with Gasteiger partial charge in [0.05, 0.1) is 12.1 Å². The smallest absolute Gasteiger partial charge is 0.0654 e. The SMILES string of the molecule is CC(C)C(C)(CO)NO. The topological polar surface area (TPSA) is 52.5 Å². The minimum Gasteiger partial charge on any atom is -0.394 e. The lowest BCUT2D eigenvalue weighted by Crippen LogP contribution is -2.48. The predicted molar refractivity (Wildman–Crippen MR) is 35.3 cm³/mol. The Hall–Kier alpha value is -0.120. The van der Waals surface area contributed by atoms with Gasteiger partial charge >= 0.3 is 0 Å². The number of hydroxylamine groups is 1. The molecule has 0 fully saturated rings. The summed E-state index contributed by atoms with van der Waals surface area (Å²) in [5, 5.41) is 17.3. The Morgan fingerprint density at radius 2 is 2.00 bits per heavy atom. The molecule has 1 unspecified atom stereocenters. The fourth-order valence-corrected chi connectivity index (χ4v) is 0.347. The molecule has 3 nitrogen and oxygen atoms in total. The third-order valence-corrected chi connectivity index (χ3v) is 1.86. The minimum absolute atomic E-state index is 0.0544. The van der Waals surface area contributed by atoms with Crippen LogP contribution < -0.4 is 5.48 Å². The van der Waals surface area contributed by atoms with Crippen molar-refractivity contribution >= 4 is 0 Å². The summed E-state index contributed by atoms with van der Waals surface area (Å²) in [5.41, 5.74) is 1.52.